The van der Waals surface area contributed by atoms with Gasteiger partial charge in [-0.3, -0.25) is 4.79 Å². The highest BCUT2D eigenvalue weighted by Crippen LogP contribution is 2.21. The van der Waals surface area contributed by atoms with Crippen molar-refractivity contribution in [1.82, 2.24) is 19.7 Å². The molecular weight excluding hydrogens is 373 g/mol. The van der Waals surface area contributed by atoms with Crippen LogP contribution < -0.4 is 10.1 Å². The summed E-state index contributed by atoms with van der Waals surface area (Å²) >= 11 is 0. The highest BCUT2D eigenvalue weighted by atomic mass is 19.1. The van der Waals surface area contributed by atoms with Gasteiger partial charge >= 0.3 is 6.01 Å². The van der Waals surface area contributed by atoms with Crippen molar-refractivity contribution >= 4 is 11.6 Å². The zero-order valence-corrected chi connectivity index (χ0v) is 15.4. The van der Waals surface area contributed by atoms with Crippen LogP contribution in [0.4, 0.5) is 10.1 Å². The average Bonchev–Trinajstić information content (AvgIpc) is 3.13. The van der Waals surface area contributed by atoms with Crippen LogP contribution in [0.1, 0.15) is 16.1 Å². The van der Waals surface area contributed by atoms with Crippen LogP contribution in [-0.4, -0.2) is 25.7 Å². The predicted octanol–water partition coefficient (Wildman–Crippen LogP) is 4.15. The van der Waals surface area contributed by atoms with Crippen LogP contribution in [-0.2, 0) is 0 Å². The number of amides is 1. The standard InChI is InChI=1S/C21H16FN5O2/c1-14-17(13-25-27(14)16-7-3-2-4-8-16)20(28)26-15-11-23-21(24-12-15)29-19-10-6-5-9-18(19)22/h2-13H,1H3,(H,26,28). The molecule has 4 aromatic rings. The Kier molecular flexibility index (Phi) is 4.98. The summed E-state index contributed by atoms with van der Waals surface area (Å²) in [4.78, 5) is 20.6. The molecule has 0 bridgehead atoms. The lowest BCUT2D eigenvalue weighted by atomic mass is 10.2. The molecule has 144 valence electrons. The second-order valence-electron chi connectivity index (χ2n) is 6.13. The van der Waals surface area contributed by atoms with Crippen molar-refractivity contribution in [1.29, 1.82) is 0 Å². The van der Waals surface area contributed by atoms with Crippen molar-refractivity contribution in [2.75, 3.05) is 5.32 Å². The normalized spacial score (nSPS) is 10.6. The second-order valence-corrected chi connectivity index (χ2v) is 6.13. The van der Waals surface area contributed by atoms with Crippen LogP contribution in [0.25, 0.3) is 5.69 Å². The van der Waals surface area contributed by atoms with Crippen molar-refractivity contribution in [3.05, 3.63) is 90.3 Å². The van der Waals surface area contributed by atoms with Crippen molar-refractivity contribution in [2.24, 2.45) is 0 Å². The molecular formula is C21H16FN5O2. The van der Waals surface area contributed by atoms with E-state index in [0.717, 1.165) is 5.69 Å². The Bertz CT molecular complexity index is 1140. The fourth-order valence-electron chi connectivity index (χ4n) is 2.72. The third-order valence-corrected chi connectivity index (χ3v) is 4.18. The van der Waals surface area contributed by atoms with Crippen LogP contribution in [0, 0.1) is 12.7 Å². The zero-order valence-electron chi connectivity index (χ0n) is 15.4. The Morgan fingerprint density at radius 1 is 1.00 bits per heavy atom. The van der Waals surface area contributed by atoms with Crippen LogP contribution in [0.15, 0.2) is 73.2 Å². The van der Waals surface area contributed by atoms with Gasteiger partial charge in [0.1, 0.15) is 0 Å². The number of benzene rings is 2. The number of para-hydroxylation sites is 2. The Morgan fingerprint density at radius 2 is 1.69 bits per heavy atom. The summed E-state index contributed by atoms with van der Waals surface area (Å²) in [5, 5.41) is 7.01. The number of hydrogen-bond donors (Lipinski definition) is 1. The minimum absolute atomic E-state index is 0.0215. The summed E-state index contributed by atoms with van der Waals surface area (Å²) in [6, 6.07) is 15.5. The van der Waals surface area contributed by atoms with Crippen molar-refractivity contribution < 1.29 is 13.9 Å². The quantitative estimate of drug-likeness (QED) is 0.554. The fraction of sp³-hybridized carbons (Fsp3) is 0.0476. The lowest BCUT2D eigenvalue weighted by Gasteiger charge is -2.07. The topological polar surface area (TPSA) is 81.9 Å². The lowest BCUT2D eigenvalue weighted by Crippen LogP contribution is -2.13. The van der Waals surface area contributed by atoms with Gasteiger partial charge in [-0.2, -0.15) is 5.10 Å². The van der Waals surface area contributed by atoms with E-state index < -0.39 is 5.82 Å². The lowest BCUT2D eigenvalue weighted by molar-refractivity contribution is 0.102. The summed E-state index contributed by atoms with van der Waals surface area (Å²) in [7, 11) is 0. The first-order valence-electron chi connectivity index (χ1n) is 8.77. The summed E-state index contributed by atoms with van der Waals surface area (Å²) in [5.41, 5.74) is 2.37. The highest BCUT2D eigenvalue weighted by Gasteiger charge is 2.16. The molecule has 4 rings (SSSR count). The molecule has 0 saturated heterocycles. The van der Waals surface area contributed by atoms with Crippen LogP contribution in [0.5, 0.6) is 11.8 Å². The monoisotopic (exact) mass is 389 g/mol. The molecule has 2 aromatic heterocycles. The molecule has 0 aliphatic carbocycles. The average molecular weight is 389 g/mol. The number of nitrogens with zero attached hydrogens (tertiary/aromatic N) is 4. The first-order chi connectivity index (χ1) is 14.1. The molecule has 7 nitrogen and oxygen atoms in total. The zero-order chi connectivity index (χ0) is 20.2. The van der Waals surface area contributed by atoms with Crippen molar-refractivity contribution in [2.45, 2.75) is 6.92 Å². The molecule has 0 aliphatic heterocycles. The molecule has 29 heavy (non-hydrogen) atoms. The van der Waals surface area contributed by atoms with Crippen molar-refractivity contribution in [3.63, 3.8) is 0 Å². The highest BCUT2D eigenvalue weighted by molar-refractivity contribution is 6.04. The molecule has 0 radical (unpaired) electrons. The molecule has 2 heterocycles. The number of hydrogen-bond acceptors (Lipinski definition) is 5. The maximum Gasteiger partial charge on any atom is 0.322 e. The first kappa shape index (κ1) is 18.3. The number of rotatable bonds is 5. The van der Waals surface area contributed by atoms with Gasteiger partial charge in [0.25, 0.3) is 5.91 Å². The number of carbonyl (C=O) groups is 1. The van der Waals surface area contributed by atoms with Gasteiger partial charge in [-0.05, 0) is 31.2 Å². The molecule has 0 saturated carbocycles. The van der Waals surface area contributed by atoms with Gasteiger partial charge in [0, 0.05) is 0 Å². The minimum atomic E-state index is -0.514. The number of carbonyl (C=O) groups excluding carboxylic acids is 1. The molecule has 1 amide bonds. The second kappa shape index (κ2) is 7.89. The Hall–Kier alpha value is -4.07. The first-order valence-corrected chi connectivity index (χ1v) is 8.77. The minimum Gasteiger partial charge on any atom is -0.421 e. The summed E-state index contributed by atoms with van der Waals surface area (Å²) in [6.07, 6.45) is 4.28. The van der Waals surface area contributed by atoms with E-state index in [4.69, 9.17) is 4.74 Å². The van der Waals surface area contributed by atoms with Crippen LogP contribution in [0.3, 0.4) is 0 Å². The number of halogens is 1. The van der Waals surface area contributed by atoms with Gasteiger partial charge in [0.15, 0.2) is 11.6 Å². The van der Waals surface area contributed by atoms with Crippen LogP contribution in [0.2, 0.25) is 0 Å². The van der Waals surface area contributed by atoms with E-state index in [2.05, 4.69) is 20.4 Å². The summed E-state index contributed by atoms with van der Waals surface area (Å²) < 4.78 is 20.6. The maximum absolute atomic E-state index is 13.6. The van der Waals surface area contributed by atoms with E-state index in [-0.39, 0.29) is 17.7 Å². The Morgan fingerprint density at radius 3 is 2.41 bits per heavy atom. The third-order valence-electron chi connectivity index (χ3n) is 4.18. The van der Waals surface area contributed by atoms with Crippen molar-refractivity contribution in [3.8, 4) is 17.4 Å². The van der Waals surface area contributed by atoms with Crippen LogP contribution >= 0.6 is 0 Å². The van der Waals surface area contributed by atoms with E-state index >= 15 is 0 Å². The molecule has 8 heteroatoms. The SMILES string of the molecule is Cc1c(C(=O)Nc2cnc(Oc3ccccc3F)nc2)cnn1-c1ccccc1. The number of anilines is 1. The number of nitrogens with one attached hydrogen (secondary N) is 1. The molecule has 0 unspecified atom stereocenters. The fourth-order valence-corrected chi connectivity index (χ4v) is 2.72. The van der Waals surface area contributed by atoms with E-state index in [1.807, 2.05) is 37.3 Å². The van der Waals surface area contributed by atoms with Gasteiger partial charge in [-0.15, -0.1) is 0 Å². The Balaban J connectivity index is 1.47. The van der Waals surface area contributed by atoms with E-state index in [1.54, 1.807) is 16.8 Å². The number of aromatic nitrogens is 4. The van der Waals surface area contributed by atoms with E-state index in [0.29, 0.717) is 16.9 Å². The third kappa shape index (κ3) is 3.96. The Labute approximate surface area is 165 Å². The maximum atomic E-state index is 13.6. The van der Waals surface area contributed by atoms with Gasteiger partial charge in [-0.25, -0.2) is 19.0 Å². The van der Waals surface area contributed by atoms with E-state index in [9.17, 15) is 9.18 Å². The van der Waals surface area contributed by atoms with Gasteiger partial charge in [-0.1, -0.05) is 30.3 Å². The van der Waals surface area contributed by atoms with E-state index in [1.165, 1.54) is 30.7 Å². The number of ether oxygens (including phenoxy) is 1. The van der Waals surface area contributed by atoms with Gasteiger partial charge in [0.05, 0.1) is 41.2 Å². The largest absolute Gasteiger partial charge is 0.421 e. The van der Waals surface area contributed by atoms with Gasteiger partial charge in [0.2, 0.25) is 0 Å². The van der Waals surface area contributed by atoms with Gasteiger partial charge < -0.3 is 10.1 Å². The smallest absolute Gasteiger partial charge is 0.322 e. The summed E-state index contributed by atoms with van der Waals surface area (Å²) in [5.74, 6) is -0.830. The summed E-state index contributed by atoms with van der Waals surface area (Å²) in [6.45, 7) is 1.82. The molecule has 0 fully saturated rings. The molecule has 0 aliphatic rings. The molecule has 0 spiro atoms. The predicted molar refractivity (Wildman–Crippen MR) is 105 cm³/mol. The molecule has 0 atom stereocenters. The molecule has 2 aromatic carbocycles. The molecule has 1 N–H and O–H groups in total.